The number of nitro benzene ring substituents is 1. The monoisotopic (exact) mass is 357 g/mol. The van der Waals surface area contributed by atoms with Gasteiger partial charge in [-0.15, -0.1) is 11.3 Å². The van der Waals surface area contributed by atoms with Gasteiger partial charge in [-0.05, 0) is 18.2 Å². The lowest BCUT2D eigenvalue weighted by Crippen LogP contribution is -1.95. The molecule has 2 rings (SSSR count). The van der Waals surface area contributed by atoms with E-state index >= 15 is 0 Å². The van der Waals surface area contributed by atoms with Crippen molar-refractivity contribution in [3.05, 3.63) is 54.7 Å². The lowest BCUT2D eigenvalue weighted by Gasteiger charge is -2.05. The number of rotatable bonds is 5. The third kappa shape index (κ3) is 3.55. The van der Waals surface area contributed by atoms with Gasteiger partial charge in [0.05, 0.1) is 11.0 Å². The Hall–Kier alpha value is -1.93. The van der Waals surface area contributed by atoms with Crippen molar-refractivity contribution in [2.45, 2.75) is 6.61 Å². The van der Waals surface area contributed by atoms with Crippen LogP contribution >= 0.6 is 27.3 Å². The Kier molecular flexibility index (Phi) is 4.35. The molecule has 0 saturated heterocycles. The second-order valence-electron chi connectivity index (χ2n) is 3.76. The van der Waals surface area contributed by atoms with Crippen LogP contribution in [0.3, 0.4) is 0 Å². The highest BCUT2D eigenvalue weighted by Gasteiger charge is 2.11. The van der Waals surface area contributed by atoms with Crippen LogP contribution in [0.15, 0.2) is 34.8 Å². The third-order valence-electron chi connectivity index (χ3n) is 2.32. The van der Waals surface area contributed by atoms with E-state index in [0.717, 1.165) is 16.2 Å². The molecule has 1 heterocycles. The molecular weight excluding hydrogens is 350 g/mol. The van der Waals surface area contributed by atoms with Crippen LogP contribution in [0, 0.1) is 10.1 Å². The van der Waals surface area contributed by atoms with Crippen LogP contribution in [-0.4, -0.2) is 16.0 Å². The fourth-order valence-corrected chi connectivity index (χ4v) is 2.68. The molecule has 1 N–H and O–H groups in total. The fraction of sp³-hybridized carbons (Fsp3) is 0.0833. The number of carboxylic acids is 1. The number of halogens is 1. The van der Waals surface area contributed by atoms with Crippen molar-refractivity contribution in [3.8, 4) is 5.75 Å². The van der Waals surface area contributed by atoms with Gasteiger partial charge in [0, 0.05) is 15.4 Å². The molecule has 0 spiro atoms. The largest absolute Gasteiger partial charge is 0.488 e. The first-order valence-electron chi connectivity index (χ1n) is 5.35. The Bertz CT molecular complexity index is 670. The Labute approximate surface area is 125 Å². The zero-order chi connectivity index (χ0) is 14.7. The molecule has 0 radical (unpaired) electrons. The number of carbonyl (C=O) groups is 1. The molecule has 0 fully saturated rings. The molecule has 1 aromatic heterocycles. The summed E-state index contributed by atoms with van der Waals surface area (Å²) in [7, 11) is 0. The number of nitrogens with zero attached hydrogens (tertiary/aromatic N) is 1. The van der Waals surface area contributed by atoms with E-state index in [0.29, 0.717) is 10.2 Å². The zero-order valence-electron chi connectivity index (χ0n) is 9.91. The number of thiophene rings is 1. The molecule has 0 aliphatic carbocycles. The quantitative estimate of drug-likeness (QED) is 0.650. The van der Waals surface area contributed by atoms with E-state index in [9.17, 15) is 14.9 Å². The fourth-order valence-electron chi connectivity index (χ4n) is 1.46. The van der Waals surface area contributed by atoms with Gasteiger partial charge in [0.2, 0.25) is 0 Å². The highest BCUT2D eigenvalue weighted by molar-refractivity contribution is 9.10. The number of carboxylic acid groups (broad SMARTS) is 1. The summed E-state index contributed by atoms with van der Waals surface area (Å²) in [4.78, 5) is 21.9. The predicted molar refractivity (Wildman–Crippen MR) is 76.4 cm³/mol. The van der Waals surface area contributed by atoms with Crippen molar-refractivity contribution < 1.29 is 19.6 Å². The third-order valence-corrected chi connectivity index (χ3v) is 3.82. The summed E-state index contributed by atoms with van der Waals surface area (Å²) in [6, 6.07) is 7.45. The van der Waals surface area contributed by atoms with Gasteiger partial charge in [0.15, 0.2) is 0 Å². The van der Waals surface area contributed by atoms with Crippen LogP contribution in [0.2, 0.25) is 0 Å². The highest BCUT2D eigenvalue weighted by Crippen LogP contribution is 2.27. The topological polar surface area (TPSA) is 89.7 Å². The maximum atomic E-state index is 10.7. The molecule has 6 nitrogen and oxygen atoms in total. The minimum Gasteiger partial charge on any atom is -0.488 e. The number of hydrogen-bond acceptors (Lipinski definition) is 5. The number of ether oxygens (including phenoxy) is 1. The first-order chi connectivity index (χ1) is 9.45. The SMILES string of the molecule is O=C(O)c1ccc(COc2cc(Br)cc([N+](=O)[O-])c2)s1. The molecule has 2 aromatic rings. The second kappa shape index (κ2) is 6.02. The van der Waals surface area contributed by atoms with E-state index in [1.165, 1.54) is 18.2 Å². The lowest BCUT2D eigenvalue weighted by molar-refractivity contribution is -0.385. The molecule has 0 atom stereocenters. The van der Waals surface area contributed by atoms with Crippen molar-refractivity contribution in [1.82, 2.24) is 0 Å². The minimum absolute atomic E-state index is 0.0771. The molecular formula is C12H8BrNO5S. The van der Waals surface area contributed by atoms with Gasteiger partial charge in [0.25, 0.3) is 5.69 Å². The summed E-state index contributed by atoms with van der Waals surface area (Å²) in [6.45, 7) is 0.158. The van der Waals surface area contributed by atoms with E-state index in [4.69, 9.17) is 9.84 Å². The normalized spacial score (nSPS) is 10.2. The Morgan fingerprint density at radius 2 is 2.15 bits per heavy atom. The lowest BCUT2D eigenvalue weighted by atomic mass is 10.3. The van der Waals surface area contributed by atoms with Crippen LogP contribution in [0.1, 0.15) is 14.5 Å². The summed E-state index contributed by atoms with van der Waals surface area (Å²) in [5.41, 5.74) is -0.0771. The van der Waals surface area contributed by atoms with Crippen LogP contribution in [0.4, 0.5) is 5.69 Å². The minimum atomic E-state index is -0.987. The number of aromatic carboxylic acids is 1. The molecule has 0 amide bonds. The maximum Gasteiger partial charge on any atom is 0.345 e. The number of non-ortho nitro benzene ring substituents is 1. The van der Waals surface area contributed by atoms with E-state index < -0.39 is 10.9 Å². The molecule has 104 valence electrons. The number of hydrogen-bond donors (Lipinski definition) is 1. The first-order valence-corrected chi connectivity index (χ1v) is 6.96. The van der Waals surface area contributed by atoms with Gasteiger partial charge in [-0.3, -0.25) is 10.1 Å². The van der Waals surface area contributed by atoms with Crippen molar-refractivity contribution >= 4 is 38.9 Å². The number of benzene rings is 1. The molecule has 0 saturated carbocycles. The molecule has 0 unspecified atom stereocenters. The molecule has 0 aliphatic rings. The van der Waals surface area contributed by atoms with Crippen molar-refractivity contribution in [2.75, 3.05) is 0 Å². The molecule has 1 aromatic carbocycles. The van der Waals surface area contributed by atoms with Crippen LogP contribution in [0.5, 0.6) is 5.75 Å². The first kappa shape index (κ1) is 14.5. The molecule has 8 heteroatoms. The summed E-state index contributed by atoms with van der Waals surface area (Å²) in [6.07, 6.45) is 0. The van der Waals surface area contributed by atoms with Crippen molar-refractivity contribution in [1.29, 1.82) is 0 Å². The van der Waals surface area contributed by atoms with Gasteiger partial charge >= 0.3 is 5.97 Å². The molecule has 0 aliphatic heterocycles. The standard InChI is InChI=1S/C12H8BrNO5S/c13-7-3-8(14(17)18)5-9(4-7)19-6-10-1-2-11(20-10)12(15)16/h1-5H,6H2,(H,15,16). The molecule has 0 bridgehead atoms. The summed E-state index contributed by atoms with van der Waals surface area (Å²) in [5, 5.41) is 19.5. The van der Waals surface area contributed by atoms with Crippen molar-refractivity contribution in [3.63, 3.8) is 0 Å². The van der Waals surface area contributed by atoms with E-state index in [-0.39, 0.29) is 17.2 Å². The highest BCUT2D eigenvalue weighted by atomic mass is 79.9. The average molecular weight is 358 g/mol. The summed E-state index contributed by atoms with van der Waals surface area (Å²) >= 11 is 4.28. The predicted octanol–water partition coefficient (Wildman–Crippen LogP) is 3.70. The van der Waals surface area contributed by atoms with Gasteiger partial charge in [-0.25, -0.2) is 4.79 Å². The average Bonchev–Trinajstić information content (AvgIpc) is 2.84. The van der Waals surface area contributed by atoms with Crippen molar-refractivity contribution in [2.24, 2.45) is 0 Å². The van der Waals surface area contributed by atoms with Gasteiger partial charge in [0.1, 0.15) is 17.2 Å². The number of nitro groups is 1. The van der Waals surface area contributed by atoms with E-state index in [1.807, 2.05) is 0 Å². The smallest absolute Gasteiger partial charge is 0.345 e. The molecule has 20 heavy (non-hydrogen) atoms. The van der Waals surface area contributed by atoms with E-state index in [1.54, 1.807) is 12.1 Å². The van der Waals surface area contributed by atoms with Crippen LogP contribution in [0.25, 0.3) is 0 Å². The van der Waals surface area contributed by atoms with Crippen LogP contribution < -0.4 is 4.74 Å². The summed E-state index contributed by atoms with van der Waals surface area (Å²) in [5.74, 6) is -0.643. The Balaban J connectivity index is 2.10. The Morgan fingerprint density at radius 1 is 1.40 bits per heavy atom. The zero-order valence-corrected chi connectivity index (χ0v) is 12.3. The van der Waals surface area contributed by atoms with Gasteiger partial charge < -0.3 is 9.84 Å². The summed E-state index contributed by atoms with van der Waals surface area (Å²) < 4.78 is 5.98. The second-order valence-corrected chi connectivity index (χ2v) is 5.85. The van der Waals surface area contributed by atoms with Gasteiger partial charge in [-0.2, -0.15) is 0 Å². The Morgan fingerprint density at radius 3 is 2.75 bits per heavy atom. The maximum absolute atomic E-state index is 10.7. The van der Waals surface area contributed by atoms with Gasteiger partial charge in [-0.1, -0.05) is 15.9 Å². The van der Waals surface area contributed by atoms with Crippen LogP contribution in [-0.2, 0) is 6.61 Å². The van der Waals surface area contributed by atoms with E-state index in [2.05, 4.69) is 15.9 Å².